The van der Waals surface area contributed by atoms with E-state index in [2.05, 4.69) is 20.2 Å². The number of anilines is 1. The van der Waals surface area contributed by atoms with Crippen molar-refractivity contribution in [1.82, 2.24) is 15.3 Å². The van der Waals surface area contributed by atoms with Crippen molar-refractivity contribution >= 4 is 17.6 Å². The van der Waals surface area contributed by atoms with Gasteiger partial charge < -0.3 is 10.2 Å². The highest BCUT2D eigenvalue weighted by molar-refractivity contribution is 7.99. The van der Waals surface area contributed by atoms with Crippen LogP contribution in [0.5, 0.6) is 0 Å². The van der Waals surface area contributed by atoms with E-state index in [1.165, 1.54) is 28.6 Å². The van der Waals surface area contributed by atoms with E-state index < -0.39 is 0 Å². The van der Waals surface area contributed by atoms with E-state index >= 15 is 0 Å². The van der Waals surface area contributed by atoms with E-state index in [1.54, 1.807) is 0 Å². The van der Waals surface area contributed by atoms with Gasteiger partial charge in [0.15, 0.2) is 0 Å². The number of thioether (sulfide) groups is 1. The molecule has 0 atom stereocenters. The Kier molecular flexibility index (Phi) is 3.20. The predicted octanol–water partition coefficient (Wildman–Crippen LogP) is 1.23. The topological polar surface area (TPSA) is 41.1 Å². The molecule has 5 heteroatoms. The number of nitrogens with zero attached hydrogens (tertiary/aromatic N) is 3. The summed E-state index contributed by atoms with van der Waals surface area (Å²) in [6.07, 6.45) is 2.36. The standard InChI is InChI=1S/C12H18N4S/c1-9-14-10-3-2-8-17-11(10)12(15-9)16-6-4-13-5-7-16/h13H,2-8H2,1H3. The lowest BCUT2D eigenvalue weighted by molar-refractivity contribution is 0.579. The molecule has 1 aromatic heterocycles. The van der Waals surface area contributed by atoms with E-state index in [-0.39, 0.29) is 0 Å². The summed E-state index contributed by atoms with van der Waals surface area (Å²) >= 11 is 1.93. The second kappa shape index (κ2) is 4.82. The molecule has 0 aromatic carbocycles. The normalized spacial score (nSPS) is 20.2. The lowest BCUT2D eigenvalue weighted by Gasteiger charge is -2.31. The van der Waals surface area contributed by atoms with Crippen LogP contribution < -0.4 is 10.2 Å². The van der Waals surface area contributed by atoms with Crippen molar-refractivity contribution in [2.24, 2.45) is 0 Å². The molecule has 0 amide bonds. The van der Waals surface area contributed by atoms with E-state index in [4.69, 9.17) is 0 Å². The SMILES string of the molecule is Cc1nc2c(c(N3CCNCC3)n1)SCCC2. The molecular weight excluding hydrogens is 232 g/mol. The summed E-state index contributed by atoms with van der Waals surface area (Å²) in [5.41, 5.74) is 1.27. The van der Waals surface area contributed by atoms with Gasteiger partial charge in [-0.15, -0.1) is 11.8 Å². The number of hydrogen-bond acceptors (Lipinski definition) is 5. The van der Waals surface area contributed by atoms with Crippen LogP contribution in [-0.2, 0) is 6.42 Å². The summed E-state index contributed by atoms with van der Waals surface area (Å²) < 4.78 is 0. The lowest BCUT2D eigenvalue weighted by atomic mass is 10.2. The Labute approximate surface area is 106 Å². The maximum atomic E-state index is 4.68. The third kappa shape index (κ3) is 2.26. The van der Waals surface area contributed by atoms with Gasteiger partial charge in [-0.1, -0.05) is 0 Å². The molecule has 0 radical (unpaired) electrons. The first-order valence-corrected chi connectivity index (χ1v) is 7.29. The van der Waals surface area contributed by atoms with E-state index in [9.17, 15) is 0 Å². The number of aryl methyl sites for hydroxylation is 2. The summed E-state index contributed by atoms with van der Waals surface area (Å²) in [6, 6.07) is 0. The molecule has 1 aromatic rings. The van der Waals surface area contributed by atoms with Gasteiger partial charge in [-0.2, -0.15) is 0 Å². The highest BCUT2D eigenvalue weighted by atomic mass is 32.2. The quantitative estimate of drug-likeness (QED) is 0.812. The van der Waals surface area contributed by atoms with Crippen LogP contribution in [-0.4, -0.2) is 41.9 Å². The number of hydrogen-bond donors (Lipinski definition) is 1. The van der Waals surface area contributed by atoms with Crippen molar-refractivity contribution in [2.45, 2.75) is 24.7 Å². The molecular formula is C12H18N4S. The Balaban J connectivity index is 1.98. The summed E-state index contributed by atoms with van der Waals surface area (Å²) in [4.78, 5) is 13.0. The average molecular weight is 250 g/mol. The van der Waals surface area contributed by atoms with Gasteiger partial charge in [0.05, 0.1) is 10.6 Å². The zero-order chi connectivity index (χ0) is 11.7. The molecule has 0 saturated carbocycles. The van der Waals surface area contributed by atoms with Gasteiger partial charge in [0.2, 0.25) is 0 Å². The molecule has 0 aliphatic carbocycles. The Morgan fingerprint density at radius 3 is 2.88 bits per heavy atom. The van der Waals surface area contributed by atoms with Crippen molar-refractivity contribution < 1.29 is 0 Å². The van der Waals surface area contributed by atoms with Gasteiger partial charge >= 0.3 is 0 Å². The fourth-order valence-corrected chi connectivity index (χ4v) is 3.54. The van der Waals surface area contributed by atoms with Crippen molar-refractivity contribution in [2.75, 3.05) is 36.8 Å². The van der Waals surface area contributed by atoms with Crippen LogP contribution in [0.15, 0.2) is 4.90 Å². The van der Waals surface area contributed by atoms with E-state index in [1.807, 2.05) is 18.7 Å². The van der Waals surface area contributed by atoms with Crippen molar-refractivity contribution in [3.8, 4) is 0 Å². The Hall–Kier alpha value is -0.810. The van der Waals surface area contributed by atoms with Crippen LogP contribution in [0.2, 0.25) is 0 Å². The van der Waals surface area contributed by atoms with Gasteiger partial charge in [0.25, 0.3) is 0 Å². The minimum absolute atomic E-state index is 0.916. The minimum Gasteiger partial charge on any atom is -0.353 e. The third-order valence-corrected chi connectivity index (χ3v) is 4.45. The predicted molar refractivity (Wildman–Crippen MR) is 70.9 cm³/mol. The van der Waals surface area contributed by atoms with Crippen LogP contribution >= 0.6 is 11.8 Å². The van der Waals surface area contributed by atoms with Crippen LogP contribution in [0.1, 0.15) is 17.9 Å². The molecule has 92 valence electrons. The van der Waals surface area contributed by atoms with Crippen LogP contribution in [0.3, 0.4) is 0 Å². The van der Waals surface area contributed by atoms with Gasteiger partial charge in [-0.25, -0.2) is 9.97 Å². The monoisotopic (exact) mass is 250 g/mol. The number of rotatable bonds is 1. The molecule has 1 fully saturated rings. The molecule has 17 heavy (non-hydrogen) atoms. The highest BCUT2D eigenvalue weighted by Crippen LogP contribution is 2.35. The van der Waals surface area contributed by atoms with Gasteiger partial charge in [0, 0.05) is 26.2 Å². The Morgan fingerprint density at radius 2 is 2.06 bits per heavy atom. The van der Waals surface area contributed by atoms with Crippen molar-refractivity contribution in [3.63, 3.8) is 0 Å². The highest BCUT2D eigenvalue weighted by Gasteiger charge is 2.22. The molecule has 1 saturated heterocycles. The molecule has 2 aliphatic rings. The van der Waals surface area contributed by atoms with Gasteiger partial charge in [-0.05, 0) is 25.5 Å². The first-order chi connectivity index (χ1) is 8.34. The Morgan fingerprint density at radius 1 is 1.24 bits per heavy atom. The van der Waals surface area contributed by atoms with Crippen LogP contribution in [0.4, 0.5) is 5.82 Å². The summed E-state index contributed by atoms with van der Waals surface area (Å²) in [6.45, 7) is 6.24. The molecule has 2 aliphatic heterocycles. The molecule has 0 unspecified atom stereocenters. The second-order valence-corrected chi connectivity index (χ2v) is 5.66. The maximum absolute atomic E-state index is 4.68. The van der Waals surface area contributed by atoms with Crippen molar-refractivity contribution in [3.05, 3.63) is 11.5 Å². The Bertz CT molecular complexity index is 415. The number of aromatic nitrogens is 2. The smallest absolute Gasteiger partial charge is 0.146 e. The minimum atomic E-state index is 0.916. The number of piperazine rings is 1. The molecule has 3 rings (SSSR count). The third-order valence-electron chi connectivity index (χ3n) is 3.25. The second-order valence-electron chi connectivity index (χ2n) is 4.56. The first kappa shape index (κ1) is 11.3. The van der Waals surface area contributed by atoms with E-state index in [0.29, 0.717) is 0 Å². The number of fused-ring (bicyclic) bond motifs is 1. The number of nitrogens with one attached hydrogen (secondary N) is 1. The molecule has 3 heterocycles. The molecule has 4 nitrogen and oxygen atoms in total. The maximum Gasteiger partial charge on any atom is 0.146 e. The fraction of sp³-hybridized carbons (Fsp3) is 0.667. The molecule has 1 N–H and O–H groups in total. The zero-order valence-corrected chi connectivity index (χ0v) is 11.0. The van der Waals surface area contributed by atoms with Gasteiger partial charge in [0.1, 0.15) is 11.6 Å². The largest absolute Gasteiger partial charge is 0.353 e. The zero-order valence-electron chi connectivity index (χ0n) is 10.2. The summed E-state index contributed by atoms with van der Waals surface area (Å²) in [7, 11) is 0. The first-order valence-electron chi connectivity index (χ1n) is 6.30. The van der Waals surface area contributed by atoms with Crippen LogP contribution in [0.25, 0.3) is 0 Å². The summed E-state index contributed by atoms with van der Waals surface area (Å²) in [5, 5.41) is 3.39. The van der Waals surface area contributed by atoms with E-state index in [0.717, 1.165) is 38.4 Å². The molecule has 0 spiro atoms. The average Bonchev–Trinajstić information content (AvgIpc) is 2.39. The lowest BCUT2D eigenvalue weighted by Crippen LogP contribution is -2.44. The molecule has 0 bridgehead atoms. The summed E-state index contributed by atoms with van der Waals surface area (Å²) in [5.74, 6) is 3.30. The van der Waals surface area contributed by atoms with Crippen LogP contribution in [0, 0.1) is 6.92 Å². The van der Waals surface area contributed by atoms with Crippen molar-refractivity contribution in [1.29, 1.82) is 0 Å². The fourth-order valence-electron chi connectivity index (χ4n) is 2.43. The van der Waals surface area contributed by atoms with Gasteiger partial charge in [-0.3, -0.25) is 0 Å².